The molecule has 0 aliphatic heterocycles. The van der Waals surface area contributed by atoms with E-state index in [1.54, 1.807) is 19.3 Å². The summed E-state index contributed by atoms with van der Waals surface area (Å²) >= 11 is 0. The van der Waals surface area contributed by atoms with Crippen molar-refractivity contribution in [1.29, 1.82) is 0 Å². The van der Waals surface area contributed by atoms with Crippen LogP contribution < -0.4 is 0 Å². The zero-order valence-electron chi connectivity index (χ0n) is 9.69. The van der Waals surface area contributed by atoms with E-state index in [-0.39, 0.29) is 13.0 Å². The van der Waals surface area contributed by atoms with Crippen molar-refractivity contribution in [2.24, 2.45) is 0 Å². The third kappa shape index (κ3) is 4.34. The number of carbonyl (C=O) groups excluding carboxylic acids is 1. The molecule has 94 valence electrons. The minimum atomic E-state index is -1.77. The monoisotopic (exact) mass is 244 g/mol. The maximum absolute atomic E-state index is 11.7. The fraction of sp³-hybridized carbons (Fsp3) is 0.455. The molecule has 1 rings (SSSR count). The summed E-state index contributed by atoms with van der Waals surface area (Å²) in [5.41, 5.74) is 0.937. The van der Waals surface area contributed by atoms with Crippen molar-refractivity contribution in [1.82, 2.24) is 9.78 Å². The van der Waals surface area contributed by atoms with Crippen molar-refractivity contribution >= 4 is 5.97 Å². The van der Waals surface area contributed by atoms with Crippen LogP contribution in [0, 0.1) is 6.92 Å². The summed E-state index contributed by atoms with van der Waals surface area (Å²) in [6.07, 6.45) is 2.31. The van der Waals surface area contributed by atoms with Gasteiger partial charge < -0.3 is 4.74 Å². The van der Waals surface area contributed by atoms with Crippen molar-refractivity contribution in [3.8, 4) is 0 Å². The number of rotatable bonds is 5. The molecular weight excluding hydrogens is 230 g/mol. The molecule has 1 aromatic heterocycles. The standard InChI is InChI=1S/C11H14F2N2O2/c1-8-6-14-15(7-8)9(2)11(16)17-5-3-4-10(12)13/h4,6-7,9H,3,5H2,1-2H3. The van der Waals surface area contributed by atoms with Crippen LogP contribution in [0.15, 0.2) is 24.6 Å². The number of esters is 1. The largest absolute Gasteiger partial charge is 0.464 e. The normalized spacial score (nSPS) is 12.0. The lowest BCUT2D eigenvalue weighted by molar-refractivity contribution is -0.147. The van der Waals surface area contributed by atoms with E-state index in [0.29, 0.717) is 0 Å². The summed E-state index contributed by atoms with van der Waals surface area (Å²) in [5, 5.41) is 3.98. The topological polar surface area (TPSA) is 44.1 Å². The molecule has 0 radical (unpaired) electrons. The molecule has 4 nitrogen and oxygen atoms in total. The molecule has 1 atom stereocenters. The number of hydrogen-bond donors (Lipinski definition) is 0. The Morgan fingerprint density at radius 2 is 2.35 bits per heavy atom. The summed E-state index contributed by atoms with van der Waals surface area (Å²) in [6, 6.07) is -0.553. The van der Waals surface area contributed by atoms with Crippen molar-refractivity contribution < 1.29 is 18.3 Å². The lowest BCUT2D eigenvalue weighted by Crippen LogP contribution is -2.19. The molecule has 1 unspecified atom stereocenters. The van der Waals surface area contributed by atoms with Crippen molar-refractivity contribution in [2.45, 2.75) is 26.3 Å². The van der Waals surface area contributed by atoms with Crippen molar-refractivity contribution in [3.05, 3.63) is 30.1 Å². The van der Waals surface area contributed by atoms with Gasteiger partial charge in [0, 0.05) is 12.6 Å². The van der Waals surface area contributed by atoms with Gasteiger partial charge in [0.15, 0.2) is 0 Å². The second-order valence-electron chi connectivity index (χ2n) is 3.62. The van der Waals surface area contributed by atoms with E-state index in [2.05, 4.69) is 5.10 Å². The van der Waals surface area contributed by atoms with Gasteiger partial charge >= 0.3 is 5.97 Å². The lowest BCUT2D eigenvalue weighted by Gasteiger charge is -2.11. The van der Waals surface area contributed by atoms with Gasteiger partial charge in [-0.15, -0.1) is 0 Å². The van der Waals surface area contributed by atoms with Crippen LogP contribution in [0.3, 0.4) is 0 Å². The fourth-order valence-corrected chi connectivity index (χ4v) is 1.20. The average molecular weight is 244 g/mol. The Balaban J connectivity index is 2.40. The third-order valence-corrected chi connectivity index (χ3v) is 2.13. The molecule has 17 heavy (non-hydrogen) atoms. The summed E-state index contributed by atoms with van der Waals surface area (Å²) in [5.74, 6) is -0.485. The molecule has 0 saturated carbocycles. The maximum Gasteiger partial charge on any atom is 0.330 e. The molecule has 0 N–H and O–H groups in total. The fourth-order valence-electron chi connectivity index (χ4n) is 1.20. The van der Waals surface area contributed by atoms with E-state index >= 15 is 0 Å². The van der Waals surface area contributed by atoms with E-state index in [1.807, 2.05) is 6.92 Å². The van der Waals surface area contributed by atoms with Crippen LogP contribution in [0.1, 0.15) is 24.9 Å². The quantitative estimate of drug-likeness (QED) is 0.590. The van der Waals surface area contributed by atoms with E-state index in [9.17, 15) is 13.6 Å². The molecule has 0 aromatic carbocycles. The van der Waals surface area contributed by atoms with Gasteiger partial charge in [0.2, 0.25) is 0 Å². The Bertz CT molecular complexity index is 411. The Kier molecular flexibility index (Phi) is 4.81. The average Bonchev–Trinajstić information content (AvgIpc) is 2.69. The van der Waals surface area contributed by atoms with Gasteiger partial charge in [-0.2, -0.15) is 13.9 Å². The molecule has 1 heterocycles. The second-order valence-corrected chi connectivity index (χ2v) is 3.62. The van der Waals surface area contributed by atoms with E-state index in [4.69, 9.17) is 4.74 Å². The van der Waals surface area contributed by atoms with Gasteiger partial charge in [-0.25, -0.2) is 4.79 Å². The van der Waals surface area contributed by atoms with Crippen molar-refractivity contribution in [3.63, 3.8) is 0 Å². The van der Waals surface area contributed by atoms with Gasteiger partial charge in [-0.3, -0.25) is 4.68 Å². The second kappa shape index (κ2) is 6.12. The molecule has 0 fully saturated rings. The molecule has 0 saturated heterocycles. The van der Waals surface area contributed by atoms with Crippen LogP contribution in [0.2, 0.25) is 0 Å². The van der Waals surface area contributed by atoms with Crippen LogP contribution in [-0.2, 0) is 9.53 Å². The van der Waals surface area contributed by atoms with Gasteiger partial charge in [-0.1, -0.05) is 0 Å². The minimum Gasteiger partial charge on any atom is -0.464 e. The van der Waals surface area contributed by atoms with Crippen LogP contribution in [0.25, 0.3) is 0 Å². The predicted octanol–water partition coefficient (Wildman–Crippen LogP) is 2.47. The highest BCUT2D eigenvalue weighted by atomic mass is 19.3. The number of aromatic nitrogens is 2. The van der Waals surface area contributed by atoms with Crippen LogP contribution >= 0.6 is 0 Å². The first-order valence-electron chi connectivity index (χ1n) is 5.19. The maximum atomic E-state index is 11.7. The Morgan fingerprint density at radius 1 is 1.65 bits per heavy atom. The lowest BCUT2D eigenvalue weighted by atomic mass is 10.3. The first kappa shape index (κ1) is 13.3. The Morgan fingerprint density at radius 3 is 2.88 bits per heavy atom. The van der Waals surface area contributed by atoms with Gasteiger partial charge in [0.05, 0.1) is 12.8 Å². The number of aryl methyl sites for hydroxylation is 1. The summed E-state index contributed by atoms with van der Waals surface area (Å²) in [7, 11) is 0. The number of ether oxygens (including phenoxy) is 1. The van der Waals surface area contributed by atoms with Gasteiger partial charge in [0.25, 0.3) is 6.08 Å². The summed E-state index contributed by atoms with van der Waals surface area (Å²) in [4.78, 5) is 11.5. The molecule has 1 aromatic rings. The minimum absolute atomic E-state index is 0.0128. The summed E-state index contributed by atoms with van der Waals surface area (Å²) in [6.45, 7) is 3.44. The highest BCUT2D eigenvalue weighted by Crippen LogP contribution is 2.08. The molecule has 0 bridgehead atoms. The van der Waals surface area contributed by atoms with E-state index < -0.39 is 18.1 Å². The Labute approximate surface area is 97.9 Å². The molecule has 0 aliphatic carbocycles. The third-order valence-electron chi connectivity index (χ3n) is 2.13. The molecule has 0 spiro atoms. The van der Waals surface area contributed by atoms with Gasteiger partial charge in [-0.05, 0) is 25.5 Å². The van der Waals surface area contributed by atoms with Crippen LogP contribution in [-0.4, -0.2) is 22.4 Å². The number of halogens is 2. The first-order valence-corrected chi connectivity index (χ1v) is 5.19. The number of nitrogens with zero attached hydrogens (tertiary/aromatic N) is 2. The van der Waals surface area contributed by atoms with Gasteiger partial charge in [0.1, 0.15) is 6.04 Å². The van der Waals surface area contributed by atoms with E-state index in [0.717, 1.165) is 11.6 Å². The first-order chi connectivity index (χ1) is 8.00. The predicted molar refractivity (Wildman–Crippen MR) is 57.6 cm³/mol. The highest BCUT2D eigenvalue weighted by Gasteiger charge is 2.16. The smallest absolute Gasteiger partial charge is 0.330 e. The molecular formula is C11H14F2N2O2. The van der Waals surface area contributed by atoms with Crippen LogP contribution in [0.5, 0.6) is 0 Å². The zero-order chi connectivity index (χ0) is 12.8. The molecule has 0 aliphatic rings. The van der Waals surface area contributed by atoms with E-state index in [1.165, 1.54) is 4.68 Å². The molecule has 6 heteroatoms. The zero-order valence-corrected chi connectivity index (χ0v) is 9.69. The van der Waals surface area contributed by atoms with Crippen molar-refractivity contribution in [2.75, 3.05) is 6.61 Å². The van der Waals surface area contributed by atoms with Crippen LogP contribution in [0.4, 0.5) is 8.78 Å². The number of carbonyl (C=O) groups is 1. The molecule has 0 amide bonds. The SMILES string of the molecule is Cc1cnn(C(C)C(=O)OCCC=C(F)F)c1. The number of hydrogen-bond acceptors (Lipinski definition) is 3. The highest BCUT2D eigenvalue weighted by molar-refractivity contribution is 5.73. The summed E-state index contributed by atoms with van der Waals surface area (Å²) < 4.78 is 29.7. The Hall–Kier alpha value is -1.72.